The van der Waals surface area contributed by atoms with E-state index in [-0.39, 0.29) is 23.9 Å². The lowest BCUT2D eigenvalue weighted by Crippen LogP contribution is -2.36. The molecule has 1 aliphatic heterocycles. The molecule has 3 aromatic rings. The van der Waals surface area contributed by atoms with E-state index in [9.17, 15) is 9.59 Å². The number of dihydropyridines is 1. The van der Waals surface area contributed by atoms with Crippen LogP contribution in [-0.4, -0.2) is 11.8 Å². The number of carbonyl (C=O) groups is 2. The van der Waals surface area contributed by atoms with Crippen molar-refractivity contribution in [1.82, 2.24) is 5.32 Å². The van der Waals surface area contributed by atoms with Crippen LogP contribution in [0.15, 0.2) is 107 Å². The SMILES string of the molecule is CC1=C(C(=O)OCc2ccccc2)[C@H](c2ccccc2F)C2=C(C[C@@H](c3ccccc3)CC2=O)N1. The molecule has 0 unspecified atom stereocenters. The fourth-order valence-electron chi connectivity index (χ4n) is 5.09. The lowest BCUT2D eigenvalue weighted by atomic mass is 9.71. The number of ether oxygens (including phenoxy) is 1. The molecule has 176 valence electrons. The number of Topliss-reactive ketones (excluding diaryl/α,β-unsaturated/α-hetero) is 1. The summed E-state index contributed by atoms with van der Waals surface area (Å²) in [5.74, 6) is -1.89. The molecule has 2 aliphatic rings. The summed E-state index contributed by atoms with van der Waals surface area (Å²) in [6, 6.07) is 25.6. The molecule has 5 rings (SSSR count). The van der Waals surface area contributed by atoms with Crippen LogP contribution in [-0.2, 0) is 20.9 Å². The van der Waals surface area contributed by atoms with Gasteiger partial charge in [0, 0.05) is 29.0 Å². The highest BCUT2D eigenvalue weighted by Crippen LogP contribution is 2.46. The zero-order chi connectivity index (χ0) is 24.4. The van der Waals surface area contributed by atoms with Crippen molar-refractivity contribution in [2.45, 2.75) is 38.2 Å². The summed E-state index contributed by atoms with van der Waals surface area (Å²) in [6.07, 6.45) is 0.917. The Morgan fingerprint density at radius 3 is 2.31 bits per heavy atom. The van der Waals surface area contributed by atoms with Crippen LogP contribution in [0.1, 0.15) is 48.3 Å². The van der Waals surface area contributed by atoms with E-state index in [4.69, 9.17) is 4.74 Å². The number of allylic oxidation sites excluding steroid dienone is 3. The normalized spacial score (nSPS) is 19.8. The Balaban J connectivity index is 1.53. The lowest BCUT2D eigenvalue weighted by molar-refractivity contribution is -0.140. The van der Waals surface area contributed by atoms with Crippen molar-refractivity contribution in [2.75, 3.05) is 0 Å². The van der Waals surface area contributed by atoms with Crippen molar-refractivity contribution < 1.29 is 18.7 Å². The average Bonchev–Trinajstić information content (AvgIpc) is 2.88. The number of esters is 1. The zero-order valence-electron chi connectivity index (χ0n) is 19.5. The van der Waals surface area contributed by atoms with Crippen molar-refractivity contribution in [3.8, 4) is 0 Å². The maximum atomic E-state index is 15.1. The molecule has 4 nitrogen and oxygen atoms in total. The highest BCUT2D eigenvalue weighted by atomic mass is 19.1. The van der Waals surface area contributed by atoms with Crippen molar-refractivity contribution in [3.05, 3.63) is 130 Å². The molecule has 3 aromatic carbocycles. The van der Waals surface area contributed by atoms with Crippen LogP contribution >= 0.6 is 0 Å². The first-order valence-electron chi connectivity index (χ1n) is 11.8. The van der Waals surface area contributed by atoms with E-state index in [1.807, 2.05) is 60.7 Å². The van der Waals surface area contributed by atoms with Gasteiger partial charge in [0.05, 0.1) is 11.5 Å². The number of rotatable bonds is 5. The Kier molecular flexibility index (Phi) is 6.32. The van der Waals surface area contributed by atoms with Gasteiger partial charge in [-0.05, 0) is 36.5 Å². The van der Waals surface area contributed by atoms with Gasteiger partial charge in [0.15, 0.2) is 5.78 Å². The Labute approximate surface area is 204 Å². The molecule has 1 N–H and O–H groups in total. The van der Waals surface area contributed by atoms with Crippen LogP contribution in [0.3, 0.4) is 0 Å². The third-order valence-electron chi connectivity index (χ3n) is 6.75. The molecule has 0 radical (unpaired) electrons. The summed E-state index contributed by atoms with van der Waals surface area (Å²) in [5.41, 5.74) is 4.31. The molecule has 0 bridgehead atoms. The van der Waals surface area contributed by atoms with E-state index in [0.29, 0.717) is 29.7 Å². The summed E-state index contributed by atoms with van der Waals surface area (Å²) in [5, 5.41) is 3.31. The first-order chi connectivity index (χ1) is 17.0. The van der Waals surface area contributed by atoms with Crippen LogP contribution in [0, 0.1) is 5.82 Å². The lowest BCUT2D eigenvalue weighted by Gasteiger charge is -2.36. The third kappa shape index (κ3) is 4.54. The van der Waals surface area contributed by atoms with Gasteiger partial charge in [-0.25, -0.2) is 9.18 Å². The molecule has 1 heterocycles. The number of carbonyl (C=O) groups excluding carboxylic acids is 2. The zero-order valence-corrected chi connectivity index (χ0v) is 19.5. The second kappa shape index (κ2) is 9.71. The number of benzene rings is 3. The topological polar surface area (TPSA) is 55.4 Å². The standard InChI is InChI=1S/C30H26FNO3/c1-19-27(30(34)35-18-20-10-4-2-5-11-20)28(23-14-8-9-15-24(23)31)29-25(32-19)16-22(17-26(29)33)21-12-6-3-7-13-21/h2-15,22,28,32H,16-18H2,1H3/t22-,28+/m1/s1. The molecule has 5 heteroatoms. The van der Waals surface area contributed by atoms with Crippen LogP contribution in [0.2, 0.25) is 0 Å². The van der Waals surface area contributed by atoms with Crippen molar-refractivity contribution in [2.24, 2.45) is 0 Å². The van der Waals surface area contributed by atoms with Gasteiger partial charge >= 0.3 is 5.97 Å². The fraction of sp³-hybridized carbons (Fsp3) is 0.200. The molecule has 35 heavy (non-hydrogen) atoms. The van der Waals surface area contributed by atoms with E-state index in [1.165, 1.54) is 6.07 Å². The van der Waals surface area contributed by atoms with Crippen molar-refractivity contribution >= 4 is 11.8 Å². The molecule has 0 aromatic heterocycles. The van der Waals surface area contributed by atoms with Gasteiger partial charge in [0.2, 0.25) is 0 Å². The summed E-state index contributed by atoms with van der Waals surface area (Å²) in [4.78, 5) is 26.9. The minimum Gasteiger partial charge on any atom is -0.457 e. The van der Waals surface area contributed by atoms with Gasteiger partial charge in [0.25, 0.3) is 0 Å². The second-order valence-electron chi connectivity index (χ2n) is 9.01. The first-order valence-corrected chi connectivity index (χ1v) is 11.8. The van der Waals surface area contributed by atoms with Gasteiger partial charge in [0.1, 0.15) is 12.4 Å². The highest BCUT2D eigenvalue weighted by Gasteiger charge is 2.42. The van der Waals surface area contributed by atoms with E-state index >= 15 is 4.39 Å². The summed E-state index contributed by atoms with van der Waals surface area (Å²) in [6.45, 7) is 1.88. The van der Waals surface area contributed by atoms with Gasteiger partial charge in [-0.1, -0.05) is 78.9 Å². The third-order valence-corrected chi connectivity index (χ3v) is 6.75. The fourth-order valence-corrected chi connectivity index (χ4v) is 5.09. The molecular weight excluding hydrogens is 441 g/mol. The van der Waals surface area contributed by atoms with Gasteiger partial charge in [-0.2, -0.15) is 0 Å². The van der Waals surface area contributed by atoms with Crippen LogP contribution < -0.4 is 5.32 Å². The predicted octanol–water partition coefficient (Wildman–Crippen LogP) is 5.93. The molecule has 0 spiro atoms. The number of hydrogen-bond acceptors (Lipinski definition) is 4. The minimum absolute atomic E-state index is 0.0237. The quantitative estimate of drug-likeness (QED) is 0.473. The van der Waals surface area contributed by atoms with E-state index in [0.717, 1.165) is 16.8 Å². The van der Waals surface area contributed by atoms with E-state index in [2.05, 4.69) is 5.32 Å². The van der Waals surface area contributed by atoms with E-state index < -0.39 is 17.7 Å². The number of hydrogen-bond donors (Lipinski definition) is 1. The van der Waals surface area contributed by atoms with Crippen molar-refractivity contribution in [3.63, 3.8) is 0 Å². The maximum absolute atomic E-state index is 15.1. The summed E-state index contributed by atoms with van der Waals surface area (Å²) in [7, 11) is 0. The molecule has 0 amide bonds. The van der Waals surface area contributed by atoms with Crippen LogP contribution in [0.25, 0.3) is 0 Å². The monoisotopic (exact) mass is 467 g/mol. The number of nitrogens with one attached hydrogen (secondary N) is 1. The Hall–Kier alpha value is -3.99. The minimum atomic E-state index is -0.819. The predicted molar refractivity (Wildman–Crippen MR) is 132 cm³/mol. The molecule has 1 aliphatic carbocycles. The molecule has 0 fully saturated rings. The number of halogens is 1. The first kappa shape index (κ1) is 22.8. The van der Waals surface area contributed by atoms with Crippen LogP contribution in [0.5, 0.6) is 0 Å². The molecule has 0 saturated carbocycles. The van der Waals surface area contributed by atoms with Gasteiger partial charge in [-0.15, -0.1) is 0 Å². The summed E-state index contributed by atoms with van der Waals surface area (Å²) < 4.78 is 20.7. The molecule has 0 saturated heterocycles. The smallest absolute Gasteiger partial charge is 0.337 e. The van der Waals surface area contributed by atoms with E-state index in [1.54, 1.807) is 25.1 Å². The molecule has 2 atom stereocenters. The largest absolute Gasteiger partial charge is 0.457 e. The van der Waals surface area contributed by atoms with Crippen LogP contribution in [0.4, 0.5) is 4.39 Å². The number of ketones is 1. The molecular formula is C30H26FNO3. The van der Waals surface area contributed by atoms with Gasteiger partial charge in [-0.3, -0.25) is 4.79 Å². The van der Waals surface area contributed by atoms with Gasteiger partial charge < -0.3 is 10.1 Å². The Bertz CT molecular complexity index is 1330. The average molecular weight is 468 g/mol. The second-order valence-corrected chi connectivity index (χ2v) is 9.01. The maximum Gasteiger partial charge on any atom is 0.337 e. The van der Waals surface area contributed by atoms with Crippen molar-refractivity contribution in [1.29, 1.82) is 0 Å². The Morgan fingerprint density at radius 1 is 0.943 bits per heavy atom. The Morgan fingerprint density at radius 2 is 1.60 bits per heavy atom. The highest BCUT2D eigenvalue weighted by molar-refractivity contribution is 6.04. The summed E-state index contributed by atoms with van der Waals surface area (Å²) >= 11 is 0.